The zero-order valence-corrected chi connectivity index (χ0v) is 15.2. The minimum Gasteiger partial charge on any atom is -0.380 e. The number of aliphatic hydroxyl groups is 1. The molecule has 0 radical (unpaired) electrons. The number of rotatable bonds is 4. The van der Waals surface area contributed by atoms with Crippen LogP contribution in [0.15, 0.2) is 45.3 Å². The van der Waals surface area contributed by atoms with E-state index in [-0.39, 0.29) is 0 Å². The Hall–Kier alpha value is -0.640. The van der Waals surface area contributed by atoms with Gasteiger partial charge < -0.3 is 5.11 Å². The van der Waals surface area contributed by atoms with E-state index < -0.39 is 5.60 Å². The van der Waals surface area contributed by atoms with Crippen LogP contribution in [0.25, 0.3) is 11.1 Å². The summed E-state index contributed by atoms with van der Waals surface area (Å²) in [6.07, 6.45) is 4.09. The molecule has 0 spiro atoms. The van der Waals surface area contributed by atoms with Gasteiger partial charge in [-0.1, -0.05) is 50.1 Å². The summed E-state index contributed by atoms with van der Waals surface area (Å²) in [7, 11) is 0. The van der Waals surface area contributed by atoms with E-state index in [1.54, 1.807) is 0 Å². The molecule has 2 aromatic rings. The van der Waals surface area contributed by atoms with E-state index in [9.17, 15) is 5.11 Å². The molecule has 0 heterocycles. The summed E-state index contributed by atoms with van der Waals surface area (Å²) in [4.78, 5) is 0. The molecule has 1 unspecified atom stereocenters. The third-order valence-corrected chi connectivity index (χ3v) is 6.33. The van der Waals surface area contributed by atoms with E-state index in [4.69, 9.17) is 0 Å². The van der Waals surface area contributed by atoms with Crippen LogP contribution in [0, 0.1) is 0 Å². The second-order valence-corrected chi connectivity index (χ2v) is 7.29. The maximum atomic E-state index is 11.5. The summed E-state index contributed by atoms with van der Waals surface area (Å²) in [5.74, 6) is 0. The first-order valence-electron chi connectivity index (χ1n) is 7.40. The van der Waals surface area contributed by atoms with Gasteiger partial charge in [-0.15, -0.1) is 0 Å². The van der Waals surface area contributed by atoms with Crippen LogP contribution in [0.4, 0.5) is 0 Å². The van der Waals surface area contributed by atoms with Gasteiger partial charge in [-0.3, -0.25) is 0 Å². The third kappa shape index (κ3) is 2.39. The number of benzene rings is 2. The maximum Gasteiger partial charge on any atom is 0.117 e. The zero-order chi connectivity index (χ0) is 15.0. The van der Waals surface area contributed by atoms with E-state index in [0.717, 1.165) is 56.9 Å². The Labute approximate surface area is 142 Å². The fourth-order valence-electron chi connectivity index (χ4n) is 3.28. The van der Waals surface area contributed by atoms with Crippen LogP contribution in [0.2, 0.25) is 0 Å². The summed E-state index contributed by atoms with van der Waals surface area (Å²) < 4.78 is 1.96. The fourth-order valence-corrected chi connectivity index (χ4v) is 4.29. The molecule has 0 aromatic heterocycles. The quantitative estimate of drug-likeness (QED) is 0.613. The van der Waals surface area contributed by atoms with Gasteiger partial charge in [-0.25, -0.2) is 0 Å². The Kier molecular flexibility index (Phi) is 4.26. The highest BCUT2D eigenvalue weighted by molar-refractivity contribution is 9.13. The molecule has 1 aliphatic rings. The van der Waals surface area contributed by atoms with E-state index in [2.05, 4.69) is 57.0 Å². The summed E-state index contributed by atoms with van der Waals surface area (Å²) >= 11 is 7.24. The number of unbranched alkanes of at least 4 members (excludes halogenated alkanes) is 2. The van der Waals surface area contributed by atoms with Crippen LogP contribution >= 0.6 is 31.9 Å². The van der Waals surface area contributed by atoms with E-state index in [0.29, 0.717) is 0 Å². The van der Waals surface area contributed by atoms with Crippen molar-refractivity contribution in [3.8, 4) is 11.1 Å². The standard InChI is InChI=1S/C18H18Br2O/c1-2-3-6-11-18(21)14-8-5-4-7-12(14)13-9-10-15(19)17(20)16(13)18/h4-5,7-10,21H,2-3,6,11H2,1H3. The molecule has 2 aromatic carbocycles. The summed E-state index contributed by atoms with van der Waals surface area (Å²) in [5, 5.41) is 11.5. The van der Waals surface area contributed by atoms with Crippen molar-refractivity contribution in [2.75, 3.05) is 0 Å². The number of hydrogen-bond acceptors (Lipinski definition) is 1. The average Bonchev–Trinajstić information content (AvgIpc) is 2.74. The van der Waals surface area contributed by atoms with Gasteiger partial charge in [0.25, 0.3) is 0 Å². The first kappa shape index (κ1) is 15.3. The lowest BCUT2D eigenvalue weighted by atomic mass is 9.86. The SMILES string of the molecule is CCCCCC1(O)c2ccccc2-c2ccc(Br)c(Br)c21. The molecule has 0 saturated carbocycles. The van der Waals surface area contributed by atoms with Gasteiger partial charge >= 0.3 is 0 Å². The van der Waals surface area contributed by atoms with Crippen LogP contribution in [0.1, 0.15) is 43.7 Å². The van der Waals surface area contributed by atoms with E-state index in [1.165, 1.54) is 0 Å². The molecule has 1 N–H and O–H groups in total. The molecule has 1 aliphatic carbocycles. The lowest BCUT2D eigenvalue weighted by Gasteiger charge is -2.27. The van der Waals surface area contributed by atoms with Gasteiger partial charge in [-0.2, -0.15) is 0 Å². The van der Waals surface area contributed by atoms with Gasteiger partial charge in [0.2, 0.25) is 0 Å². The molecule has 1 atom stereocenters. The molecule has 21 heavy (non-hydrogen) atoms. The first-order valence-corrected chi connectivity index (χ1v) is 8.99. The lowest BCUT2D eigenvalue weighted by Crippen LogP contribution is -2.25. The Balaban J connectivity index is 2.18. The predicted molar refractivity (Wildman–Crippen MR) is 94.4 cm³/mol. The van der Waals surface area contributed by atoms with Crippen LogP contribution in [-0.2, 0) is 5.60 Å². The van der Waals surface area contributed by atoms with Crippen molar-refractivity contribution in [1.82, 2.24) is 0 Å². The summed E-state index contributed by atoms with van der Waals surface area (Å²) in [6, 6.07) is 12.3. The van der Waals surface area contributed by atoms with E-state index >= 15 is 0 Å². The van der Waals surface area contributed by atoms with Crippen molar-refractivity contribution < 1.29 is 5.11 Å². The summed E-state index contributed by atoms with van der Waals surface area (Å²) in [6.45, 7) is 2.19. The molecule has 1 nitrogen and oxygen atoms in total. The number of hydrogen-bond donors (Lipinski definition) is 1. The van der Waals surface area contributed by atoms with Crippen molar-refractivity contribution in [1.29, 1.82) is 0 Å². The maximum absolute atomic E-state index is 11.5. The van der Waals surface area contributed by atoms with Crippen LogP contribution in [0.5, 0.6) is 0 Å². The molecule has 0 fully saturated rings. The van der Waals surface area contributed by atoms with Crippen molar-refractivity contribution >= 4 is 31.9 Å². The summed E-state index contributed by atoms with van der Waals surface area (Å²) in [5.41, 5.74) is 3.45. The molecule has 0 bridgehead atoms. The molecule has 3 heteroatoms. The minimum absolute atomic E-state index is 0.764. The lowest BCUT2D eigenvalue weighted by molar-refractivity contribution is 0.0720. The first-order chi connectivity index (χ1) is 10.1. The molecule has 0 saturated heterocycles. The fraction of sp³-hybridized carbons (Fsp3) is 0.333. The highest BCUT2D eigenvalue weighted by atomic mass is 79.9. The molecule has 110 valence electrons. The van der Waals surface area contributed by atoms with Crippen LogP contribution < -0.4 is 0 Å². The normalized spacial score (nSPS) is 19.4. The second-order valence-electron chi connectivity index (χ2n) is 5.65. The van der Waals surface area contributed by atoms with Crippen molar-refractivity contribution in [2.45, 2.75) is 38.2 Å². The largest absolute Gasteiger partial charge is 0.380 e. The Morgan fingerprint density at radius 2 is 1.76 bits per heavy atom. The monoisotopic (exact) mass is 408 g/mol. The van der Waals surface area contributed by atoms with Crippen molar-refractivity contribution in [3.05, 3.63) is 56.5 Å². The topological polar surface area (TPSA) is 20.2 Å². The van der Waals surface area contributed by atoms with Crippen molar-refractivity contribution in [2.24, 2.45) is 0 Å². The Morgan fingerprint density at radius 3 is 2.52 bits per heavy atom. The second kappa shape index (κ2) is 5.86. The number of halogens is 2. The molecule has 3 rings (SSSR count). The van der Waals surface area contributed by atoms with Gasteiger partial charge in [0, 0.05) is 14.5 Å². The highest BCUT2D eigenvalue weighted by Gasteiger charge is 2.42. The minimum atomic E-state index is -0.885. The third-order valence-electron chi connectivity index (χ3n) is 4.31. The zero-order valence-electron chi connectivity index (χ0n) is 12.0. The van der Waals surface area contributed by atoms with Gasteiger partial charge in [0.15, 0.2) is 0 Å². The molecule has 0 amide bonds. The molecular weight excluding hydrogens is 392 g/mol. The number of fused-ring (bicyclic) bond motifs is 3. The highest BCUT2D eigenvalue weighted by Crippen LogP contribution is 2.53. The Morgan fingerprint density at radius 1 is 1.00 bits per heavy atom. The van der Waals surface area contributed by atoms with Crippen LogP contribution in [0.3, 0.4) is 0 Å². The van der Waals surface area contributed by atoms with Gasteiger partial charge in [0.1, 0.15) is 5.60 Å². The molecular formula is C18H18Br2O. The van der Waals surface area contributed by atoms with Gasteiger partial charge in [-0.05, 0) is 67.5 Å². The van der Waals surface area contributed by atoms with Crippen LogP contribution in [-0.4, -0.2) is 5.11 Å². The van der Waals surface area contributed by atoms with Gasteiger partial charge in [0.05, 0.1) is 0 Å². The average molecular weight is 410 g/mol. The Bertz CT molecular complexity index is 681. The molecule has 0 aliphatic heterocycles. The smallest absolute Gasteiger partial charge is 0.117 e. The van der Waals surface area contributed by atoms with E-state index in [1.807, 2.05) is 18.2 Å². The van der Waals surface area contributed by atoms with Crippen molar-refractivity contribution in [3.63, 3.8) is 0 Å². The predicted octanol–water partition coefficient (Wildman–Crippen LogP) is 6.01.